The Bertz CT molecular complexity index is 555. The van der Waals surface area contributed by atoms with Gasteiger partial charge in [-0.1, -0.05) is 23.1 Å². The summed E-state index contributed by atoms with van der Waals surface area (Å²) in [4.78, 5) is 18.0. The van der Waals surface area contributed by atoms with E-state index in [1.807, 2.05) is 28.8 Å². The molecule has 0 aliphatic carbocycles. The fourth-order valence-electron chi connectivity index (χ4n) is 0.841. The number of hydrogen-bond acceptors (Lipinski definition) is 7. The maximum Gasteiger partial charge on any atom is 0.265 e. The van der Waals surface area contributed by atoms with Crippen LogP contribution in [0.3, 0.4) is 0 Å². The van der Waals surface area contributed by atoms with E-state index in [4.69, 9.17) is 0 Å². The highest BCUT2D eigenvalue weighted by Gasteiger charge is 2.10. The van der Waals surface area contributed by atoms with Crippen molar-refractivity contribution < 1.29 is 0 Å². The average Bonchev–Trinajstić information content (AvgIpc) is 2.73. The van der Waals surface area contributed by atoms with Crippen LogP contribution in [0.5, 0.6) is 0 Å². The summed E-state index contributed by atoms with van der Waals surface area (Å²) in [7, 11) is 0. The molecule has 0 aromatic carbocycles. The standard InChI is InChI=1S/C7H5IN4OS3/c1-14-6-11-12-7(16-6)15-5-3(8)4(13)9-2-10-5/h2H,1H3,(H,9,10,13). The van der Waals surface area contributed by atoms with Crippen LogP contribution in [-0.4, -0.2) is 26.4 Å². The van der Waals surface area contributed by atoms with Gasteiger partial charge in [-0.25, -0.2) is 4.98 Å². The second-order valence-corrected chi connectivity index (χ2v) is 6.84. The van der Waals surface area contributed by atoms with Gasteiger partial charge in [-0.3, -0.25) is 4.79 Å². The van der Waals surface area contributed by atoms with Crippen LogP contribution in [0.4, 0.5) is 0 Å². The highest BCUT2D eigenvalue weighted by molar-refractivity contribution is 14.1. The maximum atomic E-state index is 11.3. The van der Waals surface area contributed by atoms with Crippen molar-refractivity contribution in [1.82, 2.24) is 20.2 Å². The molecule has 0 saturated carbocycles. The third kappa shape index (κ3) is 2.76. The van der Waals surface area contributed by atoms with Crippen molar-refractivity contribution in [2.45, 2.75) is 13.7 Å². The van der Waals surface area contributed by atoms with Crippen molar-refractivity contribution in [2.24, 2.45) is 0 Å². The zero-order valence-electron chi connectivity index (χ0n) is 7.93. The van der Waals surface area contributed by atoms with Crippen LogP contribution in [0.1, 0.15) is 0 Å². The lowest BCUT2D eigenvalue weighted by molar-refractivity contribution is 0.946. The van der Waals surface area contributed by atoms with Gasteiger partial charge in [0.1, 0.15) is 8.60 Å². The molecule has 0 atom stereocenters. The summed E-state index contributed by atoms with van der Waals surface area (Å²) in [5.41, 5.74) is -0.132. The number of hydrogen-bond donors (Lipinski definition) is 1. The summed E-state index contributed by atoms with van der Waals surface area (Å²) < 4.78 is 2.27. The maximum absolute atomic E-state index is 11.3. The lowest BCUT2D eigenvalue weighted by Gasteiger charge is -1.97. The van der Waals surface area contributed by atoms with Gasteiger partial charge >= 0.3 is 0 Å². The molecule has 1 N–H and O–H groups in total. The highest BCUT2D eigenvalue weighted by Crippen LogP contribution is 2.32. The SMILES string of the molecule is CSc1nnc(Sc2nc[nH]c(=O)c2I)s1. The molecule has 2 rings (SSSR count). The Morgan fingerprint density at radius 1 is 1.44 bits per heavy atom. The molecule has 16 heavy (non-hydrogen) atoms. The molecule has 0 fully saturated rings. The van der Waals surface area contributed by atoms with Crippen molar-refractivity contribution in [3.8, 4) is 0 Å². The Labute approximate surface area is 117 Å². The van der Waals surface area contributed by atoms with Crippen LogP contribution in [0.25, 0.3) is 0 Å². The number of rotatable bonds is 3. The van der Waals surface area contributed by atoms with Crippen molar-refractivity contribution in [1.29, 1.82) is 0 Å². The molecule has 0 bridgehead atoms. The zero-order chi connectivity index (χ0) is 11.5. The highest BCUT2D eigenvalue weighted by atomic mass is 127. The fraction of sp³-hybridized carbons (Fsp3) is 0.143. The molecule has 9 heteroatoms. The van der Waals surface area contributed by atoms with E-state index in [0.29, 0.717) is 8.60 Å². The van der Waals surface area contributed by atoms with E-state index in [-0.39, 0.29) is 5.56 Å². The molecule has 2 heterocycles. The van der Waals surface area contributed by atoms with E-state index < -0.39 is 0 Å². The molecule has 84 valence electrons. The summed E-state index contributed by atoms with van der Waals surface area (Å²) in [6.07, 6.45) is 3.34. The Morgan fingerprint density at radius 2 is 2.19 bits per heavy atom. The monoisotopic (exact) mass is 384 g/mol. The predicted molar refractivity (Wildman–Crippen MR) is 73.4 cm³/mol. The topological polar surface area (TPSA) is 71.5 Å². The molecular weight excluding hydrogens is 379 g/mol. The number of thioether (sulfide) groups is 1. The first-order valence-corrected chi connectivity index (χ1v) is 7.93. The van der Waals surface area contributed by atoms with E-state index >= 15 is 0 Å². The van der Waals surface area contributed by atoms with Crippen molar-refractivity contribution in [3.05, 3.63) is 20.3 Å². The molecular formula is C7H5IN4OS3. The van der Waals surface area contributed by atoms with Crippen LogP contribution in [-0.2, 0) is 0 Å². The second-order valence-electron chi connectivity index (χ2n) is 2.49. The predicted octanol–water partition coefficient (Wildman–Crippen LogP) is 2.10. The second kappa shape index (κ2) is 5.47. The van der Waals surface area contributed by atoms with Crippen molar-refractivity contribution in [3.63, 3.8) is 0 Å². The quantitative estimate of drug-likeness (QED) is 0.497. The Hall–Kier alpha value is -0.130. The number of aromatic amines is 1. The average molecular weight is 384 g/mol. The molecule has 0 spiro atoms. The minimum atomic E-state index is -0.132. The zero-order valence-corrected chi connectivity index (χ0v) is 12.5. The molecule has 0 radical (unpaired) electrons. The summed E-state index contributed by atoms with van der Waals surface area (Å²) in [5, 5.41) is 8.65. The number of aromatic nitrogens is 4. The van der Waals surface area contributed by atoms with Gasteiger partial charge in [0, 0.05) is 0 Å². The van der Waals surface area contributed by atoms with Gasteiger partial charge in [-0.05, 0) is 40.6 Å². The Morgan fingerprint density at radius 3 is 2.88 bits per heavy atom. The van der Waals surface area contributed by atoms with Crippen molar-refractivity contribution >= 4 is 57.5 Å². The first kappa shape index (κ1) is 12.3. The summed E-state index contributed by atoms with van der Waals surface area (Å²) in [5.74, 6) is 0. The van der Waals surface area contributed by atoms with Crippen molar-refractivity contribution in [2.75, 3.05) is 6.26 Å². The largest absolute Gasteiger partial charge is 0.312 e. The third-order valence-electron chi connectivity index (χ3n) is 1.51. The van der Waals surface area contributed by atoms with E-state index in [9.17, 15) is 4.79 Å². The Kier molecular flexibility index (Phi) is 4.21. The van der Waals surface area contributed by atoms with Crippen LogP contribution in [0, 0.1) is 3.57 Å². The molecule has 0 amide bonds. The van der Waals surface area contributed by atoms with E-state index in [2.05, 4.69) is 20.2 Å². The summed E-state index contributed by atoms with van der Waals surface area (Å²) in [6.45, 7) is 0. The molecule has 0 saturated heterocycles. The first-order chi connectivity index (χ1) is 7.70. The van der Waals surface area contributed by atoms with Gasteiger partial charge in [-0.15, -0.1) is 10.2 Å². The first-order valence-electron chi connectivity index (χ1n) is 3.99. The van der Waals surface area contributed by atoms with Crippen LogP contribution >= 0.6 is 57.5 Å². The van der Waals surface area contributed by atoms with Gasteiger partial charge in [0.2, 0.25) is 0 Å². The summed E-state index contributed by atoms with van der Waals surface area (Å²) >= 11 is 6.37. The minimum Gasteiger partial charge on any atom is -0.312 e. The van der Waals surface area contributed by atoms with Gasteiger partial charge in [0.05, 0.1) is 6.33 Å². The number of halogens is 1. The number of nitrogens with one attached hydrogen (secondary N) is 1. The van der Waals surface area contributed by atoms with E-state index in [0.717, 1.165) is 8.68 Å². The number of H-pyrrole nitrogens is 1. The van der Waals surface area contributed by atoms with Crippen LogP contribution in [0.2, 0.25) is 0 Å². The number of nitrogens with zero attached hydrogens (tertiary/aromatic N) is 3. The van der Waals surface area contributed by atoms with Gasteiger partial charge in [-0.2, -0.15) is 0 Å². The Balaban J connectivity index is 2.27. The molecule has 5 nitrogen and oxygen atoms in total. The lowest BCUT2D eigenvalue weighted by atomic mass is 10.7. The molecule has 2 aromatic heterocycles. The molecule has 2 aromatic rings. The molecule has 0 aliphatic rings. The fourth-order valence-corrected chi connectivity index (χ4v) is 3.81. The van der Waals surface area contributed by atoms with E-state index in [1.165, 1.54) is 29.4 Å². The molecule has 0 aliphatic heterocycles. The van der Waals surface area contributed by atoms with Crippen LogP contribution < -0.4 is 5.56 Å². The molecule has 0 unspecified atom stereocenters. The minimum absolute atomic E-state index is 0.132. The lowest BCUT2D eigenvalue weighted by Crippen LogP contribution is -2.10. The van der Waals surface area contributed by atoms with Gasteiger partial charge < -0.3 is 4.98 Å². The van der Waals surface area contributed by atoms with E-state index in [1.54, 1.807) is 11.8 Å². The van der Waals surface area contributed by atoms with Gasteiger partial charge in [0.25, 0.3) is 5.56 Å². The normalized spacial score (nSPS) is 10.6. The van der Waals surface area contributed by atoms with Crippen LogP contribution in [0.15, 0.2) is 24.8 Å². The smallest absolute Gasteiger partial charge is 0.265 e. The van der Waals surface area contributed by atoms with Gasteiger partial charge in [0.15, 0.2) is 8.68 Å². The summed E-state index contributed by atoms with van der Waals surface area (Å²) in [6, 6.07) is 0. The third-order valence-corrected chi connectivity index (χ3v) is 5.83.